The topological polar surface area (TPSA) is 77.8 Å². The molecule has 0 atom stereocenters. The van der Waals surface area contributed by atoms with Crippen molar-refractivity contribution in [3.63, 3.8) is 0 Å². The number of nitrogens with zero attached hydrogens (tertiary/aromatic N) is 1. The predicted molar refractivity (Wildman–Crippen MR) is 79.8 cm³/mol. The normalized spacial score (nSPS) is 11.9. The first-order chi connectivity index (χ1) is 8.56. The van der Waals surface area contributed by atoms with E-state index in [1.165, 1.54) is 57.9 Å². The Kier molecular flexibility index (Phi) is 13.3. The summed E-state index contributed by atoms with van der Waals surface area (Å²) >= 11 is 0. The smallest absolute Gasteiger partial charge is 0.331 e. The molecular weight excluding hydrogens is 265 g/mol. The molecule has 0 aromatic carbocycles. The fraction of sp³-hybridized carbons (Fsp3) is 1.00. The number of rotatable bonds is 9. The average molecular weight is 298 g/mol. The number of unbranched alkanes of at least 4 members (excludes halogenated alkanes) is 7. The third-order valence-corrected chi connectivity index (χ3v) is 2.68. The molecule has 0 aliphatic rings. The molecule has 0 saturated carbocycles. The van der Waals surface area contributed by atoms with Crippen LogP contribution in [0.25, 0.3) is 0 Å². The van der Waals surface area contributed by atoms with Gasteiger partial charge in [-0.05, 0) is 12.8 Å². The third-order valence-electron chi connectivity index (χ3n) is 2.68. The SMILES string of the molecule is CCCCCCCCCC[N+](C)(C)C.O=P(O)(O)O. The Bertz CT molecular complexity index is 227. The molecule has 19 heavy (non-hydrogen) atoms. The van der Waals surface area contributed by atoms with Crippen molar-refractivity contribution in [3.8, 4) is 0 Å². The van der Waals surface area contributed by atoms with E-state index in [0.717, 1.165) is 4.48 Å². The molecule has 0 aliphatic heterocycles. The van der Waals surface area contributed by atoms with Crippen LogP contribution >= 0.6 is 7.82 Å². The molecule has 118 valence electrons. The second kappa shape index (κ2) is 11.9. The highest BCUT2D eigenvalue weighted by atomic mass is 31.2. The summed E-state index contributed by atoms with van der Waals surface area (Å²) in [5, 5.41) is 0. The van der Waals surface area contributed by atoms with E-state index in [9.17, 15) is 0 Å². The molecule has 0 aromatic heterocycles. The lowest BCUT2D eigenvalue weighted by Gasteiger charge is -2.23. The molecule has 0 rings (SSSR count). The van der Waals surface area contributed by atoms with Crippen LogP contribution in [0.15, 0.2) is 0 Å². The van der Waals surface area contributed by atoms with E-state index >= 15 is 0 Å². The first kappa shape index (κ1) is 21.4. The minimum Gasteiger partial charge on any atom is -0.331 e. The van der Waals surface area contributed by atoms with E-state index in [2.05, 4.69) is 28.1 Å². The number of hydrogen-bond donors (Lipinski definition) is 3. The largest absolute Gasteiger partial charge is 0.466 e. The summed E-state index contributed by atoms with van der Waals surface area (Å²) in [6.45, 7) is 3.61. The summed E-state index contributed by atoms with van der Waals surface area (Å²) in [6, 6.07) is 0. The number of phosphoric acid groups is 1. The van der Waals surface area contributed by atoms with Gasteiger partial charge in [0.05, 0.1) is 27.7 Å². The minimum absolute atomic E-state index is 1.12. The molecular formula is C13H33NO4P+. The lowest BCUT2D eigenvalue weighted by atomic mass is 10.1. The van der Waals surface area contributed by atoms with E-state index in [0.29, 0.717) is 0 Å². The second-order valence-corrected chi connectivity index (χ2v) is 7.03. The average Bonchev–Trinajstić information content (AvgIpc) is 2.18. The van der Waals surface area contributed by atoms with E-state index in [4.69, 9.17) is 19.2 Å². The third kappa shape index (κ3) is 38.1. The van der Waals surface area contributed by atoms with E-state index in [-0.39, 0.29) is 0 Å². The summed E-state index contributed by atoms with van der Waals surface area (Å²) in [5.74, 6) is 0. The van der Waals surface area contributed by atoms with Crippen LogP contribution in [-0.2, 0) is 4.57 Å². The second-order valence-electron chi connectivity index (χ2n) is 6.00. The Morgan fingerprint density at radius 3 is 1.42 bits per heavy atom. The molecule has 0 heterocycles. The van der Waals surface area contributed by atoms with Crippen LogP contribution in [0.2, 0.25) is 0 Å². The van der Waals surface area contributed by atoms with Crippen LogP contribution in [0.1, 0.15) is 58.3 Å². The van der Waals surface area contributed by atoms with E-state index in [1.54, 1.807) is 0 Å². The van der Waals surface area contributed by atoms with Gasteiger partial charge in [-0.1, -0.05) is 45.4 Å². The van der Waals surface area contributed by atoms with Crippen LogP contribution in [0.3, 0.4) is 0 Å². The highest BCUT2D eigenvalue weighted by Crippen LogP contribution is 2.25. The Balaban J connectivity index is 0. The van der Waals surface area contributed by atoms with Gasteiger partial charge in [0.1, 0.15) is 0 Å². The lowest BCUT2D eigenvalue weighted by Crippen LogP contribution is -2.35. The summed E-state index contributed by atoms with van der Waals surface area (Å²) in [7, 11) is 2.20. The molecule has 0 aliphatic carbocycles. The van der Waals surface area contributed by atoms with Gasteiger partial charge in [0.15, 0.2) is 0 Å². The highest BCUT2D eigenvalue weighted by Gasteiger charge is 2.04. The summed E-state index contributed by atoms with van der Waals surface area (Å²) < 4.78 is 10.0. The van der Waals surface area contributed by atoms with Gasteiger partial charge in [-0.15, -0.1) is 0 Å². The van der Waals surface area contributed by atoms with Crippen LogP contribution in [0, 0.1) is 0 Å². The van der Waals surface area contributed by atoms with Crippen LogP contribution < -0.4 is 0 Å². The van der Waals surface area contributed by atoms with Crippen LogP contribution in [0.4, 0.5) is 0 Å². The van der Waals surface area contributed by atoms with E-state index in [1.807, 2.05) is 0 Å². The number of quaternary nitrogens is 1. The summed E-state index contributed by atoms with van der Waals surface area (Å²) in [6.07, 6.45) is 11.4. The molecule has 0 fully saturated rings. The molecule has 0 unspecified atom stereocenters. The Morgan fingerprint density at radius 2 is 1.11 bits per heavy atom. The van der Waals surface area contributed by atoms with Crippen molar-refractivity contribution in [1.29, 1.82) is 0 Å². The maximum atomic E-state index is 8.88. The molecule has 0 bridgehead atoms. The molecule has 0 radical (unpaired) electrons. The van der Waals surface area contributed by atoms with Gasteiger partial charge in [0.2, 0.25) is 0 Å². The van der Waals surface area contributed by atoms with Crippen molar-refractivity contribution in [2.45, 2.75) is 58.3 Å². The highest BCUT2D eigenvalue weighted by molar-refractivity contribution is 7.45. The standard InChI is InChI=1S/C13H30N.H3O4P/c1-5-6-7-8-9-10-11-12-13-14(2,3)4;1-5(2,3)4/h5-13H2,1-4H3;(H3,1,2,3,4)/q+1;. The minimum atomic E-state index is -4.64. The predicted octanol–water partition coefficient (Wildman–Crippen LogP) is 2.90. The quantitative estimate of drug-likeness (QED) is 0.347. The van der Waals surface area contributed by atoms with Crippen molar-refractivity contribution >= 4 is 7.82 Å². The molecule has 0 saturated heterocycles. The van der Waals surface area contributed by atoms with Gasteiger partial charge in [0, 0.05) is 0 Å². The van der Waals surface area contributed by atoms with Gasteiger partial charge in [0.25, 0.3) is 0 Å². The van der Waals surface area contributed by atoms with Crippen molar-refractivity contribution in [2.24, 2.45) is 0 Å². The summed E-state index contributed by atoms with van der Waals surface area (Å²) in [5.41, 5.74) is 0. The fourth-order valence-electron chi connectivity index (χ4n) is 1.72. The van der Waals surface area contributed by atoms with Gasteiger partial charge in [-0.2, -0.15) is 0 Å². The summed E-state index contributed by atoms with van der Waals surface area (Å²) in [4.78, 5) is 21.6. The van der Waals surface area contributed by atoms with Gasteiger partial charge >= 0.3 is 7.82 Å². The van der Waals surface area contributed by atoms with Gasteiger partial charge < -0.3 is 19.2 Å². The van der Waals surface area contributed by atoms with Crippen molar-refractivity contribution in [1.82, 2.24) is 0 Å². The molecule has 0 spiro atoms. The monoisotopic (exact) mass is 298 g/mol. The van der Waals surface area contributed by atoms with E-state index < -0.39 is 7.82 Å². The zero-order valence-corrected chi connectivity index (χ0v) is 13.9. The van der Waals surface area contributed by atoms with Crippen LogP contribution in [-0.4, -0.2) is 46.9 Å². The van der Waals surface area contributed by atoms with Crippen molar-refractivity contribution in [3.05, 3.63) is 0 Å². The molecule has 0 amide bonds. The molecule has 5 nitrogen and oxygen atoms in total. The molecule has 6 heteroatoms. The Morgan fingerprint density at radius 1 is 0.789 bits per heavy atom. The first-order valence-electron chi connectivity index (χ1n) is 7.15. The zero-order chi connectivity index (χ0) is 15.4. The maximum absolute atomic E-state index is 8.88. The molecule has 3 N–H and O–H groups in total. The molecule has 0 aromatic rings. The first-order valence-corrected chi connectivity index (χ1v) is 8.71. The van der Waals surface area contributed by atoms with Crippen molar-refractivity contribution < 1.29 is 23.7 Å². The zero-order valence-electron chi connectivity index (χ0n) is 13.0. The van der Waals surface area contributed by atoms with Gasteiger partial charge in [-0.3, -0.25) is 0 Å². The fourth-order valence-corrected chi connectivity index (χ4v) is 1.72. The van der Waals surface area contributed by atoms with Crippen molar-refractivity contribution in [2.75, 3.05) is 27.7 Å². The lowest BCUT2D eigenvalue weighted by molar-refractivity contribution is -0.870. The van der Waals surface area contributed by atoms with Crippen LogP contribution in [0.5, 0.6) is 0 Å². The van der Waals surface area contributed by atoms with Gasteiger partial charge in [-0.25, -0.2) is 4.57 Å². The maximum Gasteiger partial charge on any atom is 0.466 e. The Hall–Kier alpha value is 0.0700. The number of hydrogen-bond acceptors (Lipinski definition) is 1. The Labute approximate surface area is 118 Å².